The van der Waals surface area contributed by atoms with E-state index in [4.69, 9.17) is 0 Å². The summed E-state index contributed by atoms with van der Waals surface area (Å²) in [7, 11) is 0. The Labute approximate surface area is 115 Å². The summed E-state index contributed by atoms with van der Waals surface area (Å²) in [6.45, 7) is 0. The fourth-order valence-corrected chi connectivity index (χ4v) is 2.03. The van der Waals surface area contributed by atoms with Crippen LogP contribution in [0.15, 0.2) is 58.5 Å². The van der Waals surface area contributed by atoms with Crippen LogP contribution in [-0.4, -0.2) is 17.2 Å². The number of aromatic hydroxyl groups is 1. The van der Waals surface area contributed by atoms with Gasteiger partial charge in [0.15, 0.2) is 0 Å². The van der Waals surface area contributed by atoms with E-state index in [0.29, 0.717) is 11.0 Å². The number of aliphatic imine (C=N–C) groups is 1. The Morgan fingerprint density at radius 2 is 2.00 bits per heavy atom. The minimum Gasteiger partial charge on any atom is -0.508 e. The molecule has 0 radical (unpaired) electrons. The van der Waals surface area contributed by atoms with Gasteiger partial charge in [-0.3, -0.25) is 9.79 Å². The van der Waals surface area contributed by atoms with Crippen molar-refractivity contribution < 1.29 is 9.90 Å². The van der Waals surface area contributed by atoms with E-state index in [2.05, 4.69) is 9.98 Å². The molecule has 0 saturated carbocycles. The first-order valence-corrected chi connectivity index (χ1v) is 6.25. The van der Waals surface area contributed by atoms with E-state index in [0.717, 1.165) is 5.22 Å². The topological polar surface area (TPSA) is 62.0 Å². The Hall–Kier alpha value is -2.75. The summed E-state index contributed by atoms with van der Waals surface area (Å²) in [4.78, 5) is 20.2. The first kappa shape index (κ1) is 12.3. The maximum absolute atomic E-state index is 11.9. The first-order chi connectivity index (χ1) is 9.72. The van der Waals surface area contributed by atoms with Gasteiger partial charge in [-0.2, -0.15) is 0 Å². The zero-order valence-electron chi connectivity index (χ0n) is 10.6. The lowest BCUT2D eigenvalue weighted by atomic mass is 10.1. The van der Waals surface area contributed by atoms with Crippen molar-refractivity contribution in [1.82, 2.24) is 0 Å². The molecular formula is C16H12N2O2. The number of nitrogens with zero attached hydrogens (tertiary/aromatic N) is 2. The van der Waals surface area contributed by atoms with Crippen LogP contribution in [0.5, 0.6) is 5.75 Å². The van der Waals surface area contributed by atoms with Crippen LogP contribution >= 0.6 is 0 Å². The van der Waals surface area contributed by atoms with E-state index in [1.807, 2.05) is 30.3 Å². The van der Waals surface area contributed by atoms with E-state index in [9.17, 15) is 9.90 Å². The summed E-state index contributed by atoms with van der Waals surface area (Å²) >= 11 is 0. The number of carbonyl (C=O) groups is 1. The fourth-order valence-electron chi connectivity index (χ4n) is 2.03. The summed E-state index contributed by atoms with van der Waals surface area (Å²) in [5.41, 5.74) is 0.602. The molecule has 4 nitrogen and oxygen atoms in total. The van der Waals surface area contributed by atoms with Crippen LogP contribution < -0.4 is 10.6 Å². The van der Waals surface area contributed by atoms with Crippen molar-refractivity contribution in [1.29, 1.82) is 0 Å². The number of para-hydroxylation sites is 1. The molecule has 0 bridgehead atoms. The van der Waals surface area contributed by atoms with Crippen LogP contribution in [-0.2, 0) is 4.79 Å². The van der Waals surface area contributed by atoms with Gasteiger partial charge < -0.3 is 5.11 Å². The van der Waals surface area contributed by atoms with Gasteiger partial charge in [0, 0.05) is 12.3 Å². The molecule has 98 valence electrons. The molecule has 0 saturated heterocycles. The van der Waals surface area contributed by atoms with Gasteiger partial charge in [-0.25, -0.2) is 4.99 Å². The average molecular weight is 264 g/mol. The molecule has 1 aliphatic heterocycles. The summed E-state index contributed by atoms with van der Waals surface area (Å²) in [5.74, 6) is -0.548. The summed E-state index contributed by atoms with van der Waals surface area (Å²) in [6.07, 6.45) is 3.40. The van der Waals surface area contributed by atoms with Crippen LogP contribution in [0, 0.1) is 5.92 Å². The predicted molar refractivity (Wildman–Crippen MR) is 76.4 cm³/mol. The largest absolute Gasteiger partial charge is 0.508 e. The van der Waals surface area contributed by atoms with Gasteiger partial charge in [-0.05, 0) is 23.4 Å². The molecule has 1 atom stereocenters. The van der Waals surface area contributed by atoms with E-state index in [1.54, 1.807) is 24.4 Å². The molecule has 1 heterocycles. The second-order valence-corrected chi connectivity index (χ2v) is 4.50. The van der Waals surface area contributed by atoms with Crippen molar-refractivity contribution >= 4 is 23.9 Å². The lowest BCUT2D eigenvalue weighted by Gasteiger charge is -2.06. The molecular weight excluding hydrogens is 252 g/mol. The molecule has 1 aliphatic rings. The van der Waals surface area contributed by atoms with Crippen LogP contribution in [0.1, 0.15) is 0 Å². The summed E-state index contributed by atoms with van der Waals surface area (Å²) in [5, 5.41) is 11.0. The maximum atomic E-state index is 11.9. The molecule has 20 heavy (non-hydrogen) atoms. The quantitative estimate of drug-likeness (QED) is 0.832. The number of hydrogen-bond donors (Lipinski definition) is 1. The molecule has 1 amide bonds. The second-order valence-electron chi connectivity index (χ2n) is 4.50. The average Bonchev–Trinajstić information content (AvgIpc) is 2.45. The van der Waals surface area contributed by atoms with E-state index in [-0.39, 0.29) is 11.7 Å². The maximum Gasteiger partial charge on any atom is 0.258 e. The number of phenols is 1. The highest BCUT2D eigenvalue weighted by Crippen LogP contribution is 2.18. The van der Waals surface area contributed by atoms with Crippen molar-refractivity contribution in [2.24, 2.45) is 15.9 Å². The van der Waals surface area contributed by atoms with Gasteiger partial charge in [0.2, 0.25) is 0 Å². The lowest BCUT2D eigenvalue weighted by molar-refractivity contribution is -0.118. The Bertz CT molecular complexity index is 809. The molecule has 2 aromatic rings. The third-order valence-corrected chi connectivity index (χ3v) is 3.03. The minimum atomic E-state index is -0.466. The van der Waals surface area contributed by atoms with Crippen molar-refractivity contribution in [3.63, 3.8) is 0 Å². The fraction of sp³-hybridized carbons (Fsp3) is 0.0625. The number of amides is 1. The van der Waals surface area contributed by atoms with Crippen molar-refractivity contribution in [2.45, 2.75) is 0 Å². The minimum absolute atomic E-state index is 0.147. The number of fused-ring (bicyclic) bond motifs is 1. The molecule has 0 aliphatic carbocycles. The zero-order valence-corrected chi connectivity index (χ0v) is 10.6. The SMILES string of the molecule is O=C1N=c2ccccc2=CC1C=Nc1cccc(O)c1. The highest BCUT2D eigenvalue weighted by atomic mass is 16.3. The summed E-state index contributed by atoms with van der Waals surface area (Å²) in [6, 6.07) is 14.1. The van der Waals surface area contributed by atoms with Crippen LogP contribution in [0.2, 0.25) is 0 Å². The normalized spacial score (nSPS) is 17.4. The van der Waals surface area contributed by atoms with Gasteiger partial charge in [0.1, 0.15) is 5.75 Å². The number of benzene rings is 2. The van der Waals surface area contributed by atoms with Crippen molar-refractivity contribution in [3.05, 3.63) is 59.1 Å². The first-order valence-electron chi connectivity index (χ1n) is 6.25. The smallest absolute Gasteiger partial charge is 0.258 e. The molecule has 4 heteroatoms. The Kier molecular flexibility index (Phi) is 3.13. The van der Waals surface area contributed by atoms with Gasteiger partial charge in [0.25, 0.3) is 5.91 Å². The molecule has 3 rings (SSSR count). The van der Waals surface area contributed by atoms with Crippen molar-refractivity contribution in [2.75, 3.05) is 0 Å². The number of carbonyl (C=O) groups excluding carboxylic acids is 1. The van der Waals surface area contributed by atoms with Crippen LogP contribution in [0.3, 0.4) is 0 Å². The number of hydrogen-bond acceptors (Lipinski definition) is 3. The second kappa shape index (κ2) is 5.09. The Morgan fingerprint density at radius 3 is 2.85 bits per heavy atom. The lowest BCUT2D eigenvalue weighted by Crippen LogP contribution is -2.33. The zero-order chi connectivity index (χ0) is 13.9. The summed E-state index contributed by atoms with van der Waals surface area (Å²) < 4.78 is 0. The van der Waals surface area contributed by atoms with Gasteiger partial charge >= 0.3 is 0 Å². The highest BCUT2D eigenvalue weighted by Gasteiger charge is 2.15. The van der Waals surface area contributed by atoms with Gasteiger partial charge in [-0.1, -0.05) is 30.3 Å². The predicted octanol–water partition coefficient (Wildman–Crippen LogP) is 1.35. The van der Waals surface area contributed by atoms with Gasteiger partial charge in [0.05, 0.1) is 17.0 Å². The molecule has 0 fully saturated rings. The molecule has 1 unspecified atom stereocenters. The molecule has 0 spiro atoms. The Morgan fingerprint density at radius 1 is 1.15 bits per heavy atom. The van der Waals surface area contributed by atoms with Crippen LogP contribution in [0.25, 0.3) is 6.08 Å². The highest BCUT2D eigenvalue weighted by molar-refractivity contribution is 6.01. The third-order valence-electron chi connectivity index (χ3n) is 3.03. The Balaban J connectivity index is 1.93. The van der Waals surface area contributed by atoms with Crippen molar-refractivity contribution in [3.8, 4) is 5.75 Å². The molecule has 0 aromatic heterocycles. The van der Waals surface area contributed by atoms with E-state index in [1.165, 1.54) is 6.07 Å². The number of phenolic OH excluding ortho intramolecular Hbond substituents is 1. The van der Waals surface area contributed by atoms with E-state index >= 15 is 0 Å². The standard InChI is InChI=1S/C16H12N2O2/c19-14-6-3-5-13(9-14)17-10-12-8-11-4-1-2-7-15(11)18-16(12)20/h1-10,12,19H. The molecule has 1 N–H and O–H groups in total. The third kappa shape index (κ3) is 2.49. The monoisotopic (exact) mass is 264 g/mol. The molecule has 2 aromatic carbocycles. The number of rotatable bonds is 2. The van der Waals surface area contributed by atoms with Gasteiger partial charge in [-0.15, -0.1) is 0 Å². The van der Waals surface area contributed by atoms with Crippen LogP contribution in [0.4, 0.5) is 5.69 Å². The van der Waals surface area contributed by atoms with E-state index < -0.39 is 5.92 Å².